The molecule has 0 aromatic rings. The minimum atomic E-state index is -0.248. The maximum atomic E-state index is 12.7. The zero-order valence-corrected chi connectivity index (χ0v) is 18.2. The van der Waals surface area contributed by atoms with E-state index in [9.17, 15) is 9.90 Å². The van der Waals surface area contributed by atoms with Gasteiger partial charge in [-0.2, -0.15) is 0 Å². The Morgan fingerprint density at radius 2 is 1.55 bits per heavy atom. The number of nitrogens with two attached hydrogens (primary N) is 1. The number of nitrogens with zero attached hydrogens (tertiary/aromatic N) is 1. The summed E-state index contributed by atoms with van der Waals surface area (Å²) in [5.74, 6) is 2.73. The molecule has 29 heavy (non-hydrogen) atoms. The van der Waals surface area contributed by atoms with Gasteiger partial charge in [0.05, 0.1) is 6.10 Å². The number of fused-ring (bicyclic) bond motifs is 1. The molecule has 2 heterocycles. The van der Waals surface area contributed by atoms with Crippen LogP contribution in [0.2, 0.25) is 0 Å². The average molecular weight is 406 g/mol. The summed E-state index contributed by atoms with van der Waals surface area (Å²) in [6.45, 7) is 2.39. The Balaban J connectivity index is 1.22. The number of carbonyl (C=O) groups is 1. The molecule has 5 atom stereocenters. The highest BCUT2D eigenvalue weighted by Crippen LogP contribution is 2.41. The van der Waals surface area contributed by atoms with Crippen molar-refractivity contribution in [1.29, 1.82) is 0 Å². The van der Waals surface area contributed by atoms with Gasteiger partial charge in [0, 0.05) is 38.1 Å². The summed E-state index contributed by atoms with van der Waals surface area (Å²) in [4.78, 5) is 14.8. The van der Waals surface area contributed by atoms with Crippen LogP contribution in [0.4, 0.5) is 0 Å². The summed E-state index contributed by atoms with van der Waals surface area (Å²) in [5, 5.41) is 14.8. The molecule has 4 aliphatic rings. The van der Waals surface area contributed by atoms with Crippen LogP contribution < -0.4 is 11.1 Å². The molecule has 0 spiro atoms. The average Bonchev–Trinajstić information content (AvgIpc) is 3.12. The van der Waals surface area contributed by atoms with Crippen molar-refractivity contribution in [2.75, 3.05) is 19.6 Å². The van der Waals surface area contributed by atoms with Crippen LogP contribution in [-0.4, -0.2) is 53.7 Å². The largest absolute Gasteiger partial charge is 0.393 e. The number of piperidine rings is 1. The molecule has 166 valence electrons. The van der Waals surface area contributed by atoms with E-state index in [-0.39, 0.29) is 6.10 Å². The molecule has 0 radical (unpaired) electrons. The number of amides is 1. The Hall–Kier alpha value is -0.650. The number of nitrogens with one attached hydrogen (secondary N) is 1. The lowest BCUT2D eigenvalue weighted by Crippen LogP contribution is -2.44. The highest BCUT2D eigenvalue weighted by atomic mass is 16.3. The van der Waals surface area contributed by atoms with Gasteiger partial charge in [0.15, 0.2) is 0 Å². The number of hydrogen-bond acceptors (Lipinski definition) is 4. The number of aliphatic hydroxyl groups excluding tert-OH is 1. The Kier molecular flexibility index (Phi) is 7.52. The van der Waals surface area contributed by atoms with Crippen LogP contribution in [0.15, 0.2) is 0 Å². The number of aliphatic hydroxyl groups is 1. The van der Waals surface area contributed by atoms with Crippen LogP contribution >= 0.6 is 0 Å². The Labute approximate surface area is 177 Å². The smallest absolute Gasteiger partial charge is 0.222 e. The molecular formula is C24H43N3O2. The van der Waals surface area contributed by atoms with Gasteiger partial charge in [-0.15, -0.1) is 0 Å². The van der Waals surface area contributed by atoms with E-state index in [1.54, 1.807) is 0 Å². The normalized spacial score (nSPS) is 35.4. The third kappa shape index (κ3) is 5.16. The fourth-order valence-electron chi connectivity index (χ4n) is 6.95. The highest BCUT2D eigenvalue weighted by Gasteiger charge is 2.44. The van der Waals surface area contributed by atoms with Crippen molar-refractivity contribution in [2.45, 2.75) is 102 Å². The summed E-state index contributed by atoms with van der Waals surface area (Å²) in [6, 6.07) is 0.867. The van der Waals surface area contributed by atoms with E-state index in [1.807, 2.05) is 0 Å². The van der Waals surface area contributed by atoms with Crippen molar-refractivity contribution in [2.24, 2.45) is 29.4 Å². The summed E-state index contributed by atoms with van der Waals surface area (Å²) in [5.41, 5.74) is 6.02. The van der Waals surface area contributed by atoms with E-state index in [2.05, 4.69) is 10.2 Å². The van der Waals surface area contributed by atoms with Crippen LogP contribution in [0.25, 0.3) is 0 Å². The SMILES string of the molecule is NCC1N[C@H](C[C@H](O)C2CCN(C(=O)CC3CCCCC3)CC2)C2CCCCC12. The number of hydrogen-bond donors (Lipinski definition) is 3. The first kappa shape index (κ1) is 21.6. The predicted octanol–water partition coefficient (Wildman–Crippen LogP) is 3.05. The van der Waals surface area contributed by atoms with Gasteiger partial charge in [0.1, 0.15) is 0 Å². The molecule has 4 rings (SSSR count). The first-order valence-corrected chi connectivity index (χ1v) is 12.6. The Morgan fingerprint density at radius 3 is 2.21 bits per heavy atom. The zero-order chi connectivity index (χ0) is 20.2. The highest BCUT2D eigenvalue weighted by molar-refractivity contribution is 5.76. The van der Waals surface area contributed by atoms with Gasteiger partial charge in [-0.3, -0.25) is 4.79 Å². The molecule has 2 saturated carbocycles. The third-order valence-electron chi connectivity index (χ3n) is 8.71. The van der Waals surface area contributed by atoms with Crippen molar-refractivity contribution in [3.8, 4) is 0 Å². The van der Waals surface area contributed by atoms with Crippen LogP contribution in [0, 0.1) is 23.7 Å². The molecule has 0 bridgehead atoms. The number of likely N-dealkylation sites (tertiary alicyclic amines) is 1. The summed E-state index contributed by atoms with van der Waals surface area (Å²) in [7, 11) is 0. The molecule has 4 N–H and O–H groups in total. The van der Waals surface area contributed by atoms with E-state index >= 15 is 0 Å². The van der Waals surface area contributed by atoms with Gasteiger partial charge < -0.3 is 21.1 Å². The quantitative estimate of drug-likeness (QED) is 0.635. The van der Waals surface area contributed by atoms with Crippen molar-refractivity contribution >= 4 is 5.91 Å². The van der Waals surface area contributed by atoms with E-state index in [0.717, 1.165) is 45.3 Å². The summed E-state index contributed by atoms with van der Waals surface area (Å²) in [6.07, 6.45) is 15.0. The molecule has 4 fully saturated rings. The minimum absolute atomic E-state index is 0.248. The molecule has 2 aliphatic carbocycles. The Morgan fingerprint density at radius 1 is 0.931 bits per heavy atom. The van der Waals surface area contributed by atoms with Crippen LogP contribution in [0.1, 0.15) is 83.5 Å². The lowest BCUT2D eigenvalue weighted by molar-refractivity contribution is -0.134. The third-order valence-corrected chi connectivity index (χ3v) is 8.71. The van der Waals surface area contributed by atoms with Gasteiger partial charge in [-0.05, 0) is 68.6 Å². The first-order valence-electron chi connectivity index (χ1n) is 12.6. The van der Waals surface area contributed by atoms with Crippen molar-refractivity contribution in [3.63, 3.8) is 0 Å². The molecule has 2 saturated heterocycles. The van der Waals surface area contributed by atoms with Gasteiger partial charge in [0.25, 0.3) is 0 Å². The standard InChI is InChI=1S/C24H43N3O2/c25-16-22-20-9-5-4-8-19(20)21(26-22)15-23(28)18-10-12-27(13-11-18)24(29)14-17-6-2-1-3-7-17/h17-23,26,28H,1-16,25H2/t19?,20?,21-,22?,23+/m1/s1. The molecule has 3 unspecified atom stereocenters. The number of carbonyl (C=O) groups excluding carboxylic acids is 1. The molecule has 1 amide bonds. The predicted molar refractivity (Wildman–Crippen MR) is 116 cm³/mol. The topological polar surface area (TPSA) is 78.6 Å². The summed E-state index contributed by atoms with van der Waals surface area (Å²) >= 11 is 0. The van der Waals surface area contributed by atoms with E-state index in [0.29, 0.717) is 41.7 Å². The fraction of sp³-hybridized carbons (Fsp3) is 0.958. The van der Waals surface area contributed by atoms with Crippen LogP contribution in [-0.2, 0) is 4.79 Å². The lowest BCUT2D eigenvalue weighted by Gasteiger charge is -2.37. The zero-order valence-electron chi connectivity index (χ0n) is 18.2. The lowest BCUT2D eigenvalue weighted by atomic mass is 9.74. The van der Waals surface area contributed by atoms with Gasteiger partial charge in [0.2, 0.25) is 5.91 Å². The van der Waals surface area contributed by atoms with E-state index in [4.69, 9.17) is 5.73 Å². The number of rotatable bonds is 6. The van der Waals surface area contributed by atoms with Gasteiger partial charge in [-0.1, -0.05) is 32.1 Å². The monoisotopic (exact) mass is 405 g/mol. The van der Waals surface area contributed by atoms with Crippen molar-refractivity contribution < 1.29 is 9.90 Å². The Bertz CT molecular complexity index is 528. The molecular weight excluding hydrogens is 362 g/mol. The second-order valence-electron chi connectivity index (χ2n) is 10.5. The van der Waals surface area contributed by atoms with Gasteiger partial charge in [-0.25, -0.2) is 0 Å². The molecule has 0 aromatic heterocycles. The first-order chi connectivity index (χ1) is 14.2. The van der Waals surface area contributed by atoms with Crippen LogP contribution in [0.5, 0.6) is 0 Å². The van der Waals surface area contributed by atoms with Gasteiger partial charge >= 0.3 is 0 Å². The second kappa shape index (κ2) is 10.1. The minimum Gasteiger partial charge on any atom is -0.393 e. The second-order valence-corrected chi connectivity index (χ2v) is 10.5. The van der Waals surface area contributed by atoms with E-state index in [1.165, 1.54) is 57.8 Å². The van der Waals surface area contributed by atoms with Crippen molar-refractivity contribution in [3.05, 3.63) is 0 Å². The molecule has 0 aromatic carbocycles. The van der Waals surface area contributed by atoms with Crippen LogP contribution in [0.3, 0.4) is 0 Å². The maximum Gasteiger partial charge on any atom is 0.222 e. The maximum absolute atomic E-state index is 12.7. The molecule has 2 aliphatic heterocycles. The fourth-order valence-corrected chi connectivity index (χ4v) is 6.95. The molecule has 5 heteroatoms. The van der Waals surface area contributed by atoms with Crippen molar-refractivity contribution in [1.82, 2.24) is 10.2 Å². The summed E-state index contributed by atoms with van der Waals surface area (Å²) < 4.78 is 0. The molecule has 5 nitrogen and oxygen atoms in total. The van der Waals surface area contributed by atoms with E-state index < -0.39 is 0 Å².